The van der Waals surface area contributed by atoms with Crippen molar-refractivity contribution in [1.82, 2.24) is 14.5 Å². The average Bonchev–Trinajstić information content (AvgIpc) is 2.81. The maximum absolute atomic E-state index is 14.2. The molecular weight excluding hydrogens is 455 g/mol. The second-order valence-electron chi connectivity index (χ2n) is 7.90. The van der Waals surface area contributed by atoms with Gasteiger partial charge in [0.05, 0.1) is 23.0 Å². The lowest BCUT2D eigenvalue weighted by Gasteiger charge is -2.11. The van der Waals surface area contributed by atoms with E-state index in [1.165, 1.54) is 41.3 Å². The topological polar surface area (TPSA) is 87.2 Å². The van der Waals surface area contributed by atoms with Gasteiger partial charge in [-0.15, -0.1) is 0 Å². The van der Waals surface area contributed by atoms with E-state index < -0.39 is 11.4 Å². The van der Waals surface area contributed by atoms with Gasteiger partial charge in [0.1, 0.15) is 5.82 Å². The van der Waals surface area contributed by atoms with Crippen LogP contribution >= 0.6 is 12.2 Å². The molecule has 3 aromatic carbocycles. The molecule has 0 saturated carbocycles. The van der Waals surface area contributed by atoms with Crippen molar-refractivity contribution in [3.63, 3.8) is 0 Å². The van der Waals surface area contributed by atoms with E-state index in [-0.39, 0.29) is 34.1 Å². The van der Waals surface area contributed by atoms with Crippen molar-refractivity contribution in [3.05, 3.63) is 98.8 Å². The van der Waals surface area contributed by atoms with E-state index in [1.54, 1.807) is 44.4 Å². The Hall–Kier alpha value is -4.11. The number of carbonyl (C=O) groups is 2. The number of amides is 2. The van der Waals surface area contributed by atoms with Crippen LogP contribution in [-0.4, -0.2) is 40.4 Å². The quantitative estimate of drug-likeness (QED) is 0.425. The summed E-state index contributed by atoms with van der Waals surface area (Å²) < 4.78 is 15.4. The van der Waals surface area contributed by atoms with Crippen LogP contribution in [0.4, 0.5) is 10.1 Å². The number of carbonyl (C=O) groups excluding carboxylic acids is 2. The number of hydrogen-bond acceptors (Lipinski definition) is 4. The highest BCUT2D eigenvalue weighted by Gasteiger charge is 2.14. The van der Waals surface area contributed by atoms with E-state index in [1.807, 2.05) is 0 Å². The van der Waals surface area contributed by atoms with Gasteiger partial charge in [0.15, 0.2) is 4.77 Å². The van der Waals surface area contributed by atoms with Crippen LogP contribution in [0.2, 0.25) is 0 Å². The van der Waals surface area contributed by atoms with Crippen LogP contribution in [-0.2, 0) is 11.2 Å². The molecular formula is C25H21FN4O3S. The zero-order valence-corrected chi connectivity index (χ0v) is 19.3. The highest BCUT2D eigenvalue weighted by atomic mass is 32.1. The summed E-state index contributed by atoms with van der Waals surface area (Å²) in [7, 11) is 3.39. The van der Waals surface area contributed by atoms with Crippen molar-refractivity contribution in [2.75, 3.05) is 19.4 Å². The number of nitrogens with zero attached hydrogens (tertiary/aromatic N) is 2. The number of benzene rings is 3. The van der Waals surface area contributed by atoms with E-state index in [4.69, 9.17) is 12.2 Å². The van der Waals surface area contributed by atoms with Gasteiger partial charge in [-0.2, -0.15) is 0 Å². The highest BCUT2D eigenvalue weighted by Crippen LogP contribution is 2.17. The zero-order chi connectivity index (χ0) is 24.4. The predicted molar refractivity (Wildman–Crippen MR) is 131 cm³/mol. The number of H-pyrrole nitrogens is 1. The number of hydrogen-bond donors (Lipinski definition) is 2. The molecule has 0 radical (unpaired) electrons. The molecule has 7 nitrogen and oxygen atoms in total. The maximum Gasteiger partial charge on any atom is 0.266 e. The van der Waals surface area contributed by atoms with E-state index in [2.05, 4.69) is 10.3 Å². The lowest BCUT2D eigenvalue weighted by molar-refractivity contribution is -0.127. The van der Waals surface area contributed by atoms with Gasteiger partial charge in [-0.3, -0.25) is 14.4 Å². The molecule has 0 unspecified atom stereocenters. The molecule has 0 aliphatic heterocycles. The molecule has 0 fully saturated rings. The minimum Gasteiger partial charge on any atom is -0.349 e. The SMILES string of the molecule is CN(C)C(=O)Cc1ccc(NC(=O)c2ccc3c(=O)n(-c4ccccc4F)c(=S)[nH]c3c2)cc1. The Labute approximate surface area is 199 Å². The first-order valence-electron chi connectivity index (χ1n) is 10.4. The Morgan fingerprint density at radius 2 is 1.76 bits per heavy atom. The standard InChI is InChI=1S/C25H21FN4O3S/c1-29(2)22(31)13-15-7-10-17(11-8-15)27-23(32)16-9-12-18-20(14-16)28-25(34)30(24(18)33)21-6-4-3-5-19(21)26/h3-12,14H,13H2,1-2H3,(H,27,32)(H,28,34). The summed E-state index contributed by atoms with van der Waals surface area (Å²) in [6, 6.07) is 17.4. The lowest BCUT2D eigenvalue weighted by atomic mass is 10.1. The molecule has 1 heterocycles. The highest BCUT2D eigenvalue weighted by molar-refractivity contribution is 7.71. The summed E-state index contributed by atoms with van der Waals surface area (Å²) in [5, 5.41) is 3.06. The van der Waals surface area contributed by atoms with Crippen molar-refractivity contribution in [1.29, 1.82) is 0 Å². The van der Waals surface area contributed by atoms with Crippen LogP contribution in [0.25, 0.3) is 16.6 Å². The Bertz CT molecular complexity index is 1520. The van der Waals surface area contributed by atoms with Gasteiger partial charge in [0.25, 0.3) is 11.5 Å². The number of para-hydroxylation sites is 1. The number of rotatable bonds is 5. The minimum absolute atomic E-state index is 0.0145. The first-order chi connectivity index (χ1) is 16.2. The molecule has 0 aliphatic rings. The normalized spacial score (nSPS) is 10.8. The van der Waals surface area contributed by atoms with Gasteiger partial charge >= 0.3 is 0 Å². The van der Waals surface area contributed by atoms with E-state index in [0.717, 1.165) is 10.1 Å². The Morgan fingerprint density at radius 3 is 2.44 bits per heavy atom. The van der Waals surface area contributed by atoms with Crippen LogP contribution in [0.15, 0.2) is 71.5 Å². The van der Waals surface area contributed by atoms with Gasteiger partial charge in [0.2, 0.25) is 5.91 Å². The van der Waals surface area contributed by atoms with E-state index in [9.17, 15) is 18.8 Å². The first-order valence-corrected chi connectivity index (χ1v) is 10.8. The van der Waals surface area contributed by atoms with Gasteiger partial charge in [-0.1, -0.05) is 24.3 Å². The van der Waals surface area contributed by atoms with Crippen molar-refractivity contribution in [3.8, 4) is 5.69 Å². The van der Waals surface area contributed by atoms with Crippen molar-refractivity contribution >= 4 is 40.6 Å². The molecule has 4 aromatic rings. The van der Waals surface area contributed by atoms with Gasteiger partial charge in [-0.25, -0.2) is 8.96 Å². The largest absolute Gasteiger partial charge is 0.349 e. The minimum atomic E-state index is -0.573. The maximum atomic E-state index is 14.2. The molecule has 0 atom stereocenters. The Morgan fingerprint density at radius 1 is 1.06 bits per heavy atom. The smallest absolute Gasteiger partial charge is 0.266 e. The zero-order valence-electron chi connectivity index (χ0n) is 18.5. The van der Waals surface area contributed by atoms with Crippen molar-refractivity contribution < 1.29 is 14.0 Å². The first kappa shape index (κ1) is 23.1. The van der Waals surface area contributed by atoms with E-state index in [0.29, 0.717) is 16.8 Å². The predicted octanol–water partition coefficient (Wildman–Crippen LogP) is 4.07. The molecule has 4 rings (SSSR count). The van der Waals surface area contributed by atoms with E-state index >= 15 is 0 Å². The molecule has 34 heavy (non-hydrogen) atoms. The monoisotopic (exact) mass is 476 g/mol. The Balaban J connectivity index is 1.59. The summed E-state index contributed by atoms with van der Waals surface area (Å²) in [6.07, 6.45) is 0.273. The van der Waals surface area contributed by atoms with Crippen LogP contribution in [0, 0.1) is 10.6 Å². The van der Waals surface area contributed by atoms with Crippen LogP contribution < -0.4 is 10.9 Å². The summed E-state index contributed by atoms with van der Waals surface area (Å²) >= 11 is 5.29. The molecule has 0 bridgehead atoms. The fraction of sp³-hybridized carbons (Fsp3) is 0.120. The summed E-state index contributed by atoms with van der Waals surface area (Å²) in [4.78, 5) is 42.0. The lowest BCUT2D eigenvalue weighted by Crippen LogP contribution is -2.23. The molecule has 172 valence electrons. The number of fused-ring (bicyclic) bond motifs is 1. The third-order valence-corrected chi connectivity index (χ3v) is 5.60. The number of aromatic nitrogens is 2. The second kappa shape index (κ2) is 9.40. The summed E-state index contributed by atoms with van der Waals surface area (Å²) in [5.74, 6) is -0.965. The van der Waals surface area contributed by atoms with Gasteiger partial charge in [0, 0.05) is 25.3 Å². The third-order valence-electron chi connectivity index (χ3n) is 5.32. The fourth-order valence-corrected chi connectivity index (χ4v) is 3.74. The fourth-order valence-electron chi connectivity index (χ4n) is 3.45. The molecule has 2 amide bonds. The number of anilines is 1. The molecule has 9 heteroatoms. The van der Waals surface area contributed by atoms with Gasteiger partial charge < -0.3 is 15.2 Å². The number of nitrogens with one attached hydrogen (secondary N) is 2. The third kappa shape index (κ3) is 4.65. The van der Waals surface area contributed by atoms with Crippen molar-refractivity contribution in [2.24, 2.45) is 0 Å². The number of aromatic amines is 1. The second-order valence-corrected chi connectivity index (χ2v) is 8.29. The van der Waals surface area contributed by atoms with Crippen LogP contribution in [0.5, 0.6) is 0 Å². The average molecular weight is 477 g/mol. The molecule has 0 aliphatic carbocycles. The Kier molecular flexibility index (Phi) is 6.38. The molecule has 2 N–H and O–H groups in total. The van der Waals surface area contributed by atoms with Crippen LogP contribution in [0.3, 0.4) is 0 Å². The number of likely N-dealkylation sites (N-methyl/N-ethyl adjacent to an activating group) is 1. The molecule has 0 spiro atoms. The molecule has 0 saturated heterocycles. The van der Waals surface area contributed by atoms with Gasteiger partial charge in [-0.05, 0) is 60.2 Å². The molecule has 1 aromatic heterocycles. The summed E-state index contributed by atoms with van der Waals surface area (Å²) in [6.45, 7) is 0. The number of halogens is 1. The summed E-state index contributed by atoms with van der Waals surface area (Å²) in [5.41, 5.74) is 1.64. The van der Waals surface area contributed by atoms with Crippen molar-refractivity contribution in [2.45, 2.75) is 6.42 Å². The van der Waals surface area contributed by atoms with Crippen LogP contribution in [0.1, 0.15) is 15.9 Å².